The minimum atomic E-state index is 0.0262. The number of likely N-dealkylation sites (tertiary alicyclic amines) is 1. The van der Waals surface area contributed by atoms with Gasteiger partial charge in [0.25, 0.3) is 0 Å². The zero-order valence-electron chi connectivity index (χ0n) is 15.0. The van der Waals surface area contributed by atoms with Crippen molar-refractivity contribution in [1.29, 1.82) is 0 Å². The lowest BCUT2D eigenvalue weighted by molar-refractivity contribution is -0.117. The highest BCUT2D eigenvalue weighted by molar-refractivity contribution is 5.92. The molecule has 0 aliphatic carbocycles. The number of anilines is 1. The number of aryl methyl sites for hydroxylation is 1. The van der Waals surface area contributed by atoms with E-state index < -0.39 is 0 Å². The smallest absolute Gasteiger partial charge is 0.238 e. The summed E-state index contributed by atoms with van der Waals surface area (Å²) in [4.78, 5) is 14.7. The van der Waals surface area contributed by atoms with Crippen molar-refractivity contribution < 1.29 is 14.3 Å². The first-order valence-corrected chi connectivity index (χ1v) is 9.19. The van der Waals surface area contributed by atoms with Gasteiger partial charge < -0.3 is 14.8 Å². The summed E-state index contributed by atoms with van der Waals surface area (Å²) in [6, 6.07) is 14.3. The summed E-state index contributed by atoms with van der Waals surface area (Å²) >= 11 is 0. The zero-order chi connectivity index (χ0) is 17.9. The van der Waals surface area contributed by atoms with Crippen LogP contribution >= 0.6 is 0 Å². The number of amides is 1. The molecule has 2 heterocycles. The van der Waals surface area contributed by atoms with E-state index in [0.717, 1.165) is 36.6 Å². The monoisotopic (exact) mass is 352 g/mol. The SMILES string of the molecule is Cc1ccc(NC(=O)CN2CCC[C@H]2c2ccc3c(c2)OCCO3)cc1. The number of hydrogen-bond donors (Lipinski definition) is 1. The fraction of sp³-hybridized carbons (Fsp3) is 0.381. The molecular weight excluding hydrogens is 328 g/mol. The Labute approximate surface area is 153 Å². The van der Waals surface area contributed by atoms with Crippen LogP contribution in [0.2, 0.25) is 0 Å². The molecule has 0 unspecified atom stereocenters. The van der Waals surface area contributed by atoms with E-state index in [0.29, 0.717) is 19.8 Å². The maximum Gasteiger partial charge on any atom is 0.238 e. The largest absolute Gasteiger partial charge is 0.486 e. The lowest BCUT2D eigenvalue weighted by Gasteiger charge is -2.26. The molecule has 26 heavy (non-hydrogen) atoms. The maximum absolute atomic E-state index is 12.5. The summed E-state index contributed by atoms with van der Waals surface area (Å²) < 4.78 is 11.3. The van der Waals surface area contributed by atoms with Gasteiger partial charge in [-0.2, -0.15) is 0 Å². The Bertz CT molecular complexity index is 788. The lowest BCUT2D eigenvalue weighted by atomic mass is 10.0. The standard InChI is InChI=1S/C21H24N2O3/c1-15-4-7-17(8-5-15)22-21(24)14-23-10-2-3-18(23)16-6-9-19-20(13-16)26-12-11-25-19/h4-9,13,18H,2-3,10-12,14H2,1H3,(H,22,24)/t18-/m0/s1. The molecule has 1 N–H and O–H groups in total. The van der Waals surface area contributed by atoms with Crippen LogP contribution < -0.4 is 14.8 Å². The molecule has 4 rings (SSSR count). The van der Waals surface area contributed by atoms with Crippen LogP contribution in [0.15, 0.2) is 42.5 Å². The minimum Gasteiger partial charge on any atom is -0.486 e. The van der Waals surface area contributed by atoms with Gasteiger partial charge in [0.2, 0.25) is 5.91 Å². The van der Waals surface area contributed by atoms with E-state index >= 15 is 0 Å². The summed E-state index contributed by atoms with van der Waals surface area (Å²) in [7, 11) is 0. The molecule has 1 saturated heterocycles. The predicted molar refractivity (Wildman–Crippen MR) is 101 cm³/mol. The summed E-state index contributed by atoms with van der Waals surface area (Å²) in [6.07, 6.45) is 2.15. The van der Waals surface area contributed by atoms with Gasteiger partial charge in [-0.15, -0.1) is 0 Å². The number of benzene rings is 2. The predicted octanol–water partition coefficient (Wildman–Crippen LogP) is 3.54. The van der Waals surface area contributed by atoms with E-state index in [4.69, 9.17) is 9.47 Å². The van der Waals surface area contributed by atoms with Gasteiger partial charge in [-0.1, -0.05) is 23.8 Å². The number of fused-ring (bicyclic) bond motifs is 1. The lowest BCUT2D eigenvalue weighted by Crippen LogP contribution is -2.33. The Morgan fingerprint density at radius 3 is 2.69 bits per heavy atom. The van der Waals surface area contributed by atoms with E-state index in [1.54, 1.807) is 0 Å². The fourth-order valence-electron chi connectivity index (χ4n) is 3.68. The molecule has 2 aromatic rings. The second kappa shape index (κ2) is 7.38. The highest BCUT2D eigenvalue weighted by atomic mass is 16.6. The average Bonchev–Trinajstić information content (AvgIpc) is 3.11. The molecule has 2 aromatic carbocycles. The number of rotatable bonds is 4. The van der Waals surface area contributed by atoms with Crippen molar-refractivity contribution in [2.45, 2.75) is 25.8 Å². The third-order valence-corrected chi connectivity index (χ3v) is 5.00. The van der Waals surface area contributed by atoms with Gasteiger partial charge >= 0.3 is 0 Å². The molecule has 0 radical (unpaired) electrons. The molecule has 0 bridgehead atoms. The molecule has 2 aliphatic rings. The van der Waals surface area contributed by atoms with Crippen LogP contribution in [0.3, 0.4) is 0 Å². The quantitative estimate of drug-likeness (QED) is 0.914. The Morgan fingerprint density at radius 1 is 1.12 bits per heavy atom. The Hall–Kier alpha value is -2.53. The van der Waals surface area contributed by atoms with Crippen LogP contribution in [0.25, 0.3) is 0 Å². The Balaban J connectivity index is 1.43. The van der Waals surface area contributed by atoms with E-state index in [1.165, 1.54) is 11.1 Å². The maximum atomic E-state index is 12.5. The summed E-state index contributed by atoms with van der Waals surface area (Å²) in [5.74, 6) is 1.64. The van der Waals surface area contributed by atoms with Crippen LogP contribution in [0.1, 0.15) is 30.0 Å². The van der Waals surface area contributed by atoms with Crippen LogP contribution in [0, 0.1) is 6.92 Å². The van der Waals surface area contributed by atoms with Crippen molar-refractivity contribution in [3.8, 4) is 11.5 Å². The van der Waals surface area contributed by atoms with Gasteiger partial charge in [-0.25, -0.2) is 0 Å². The molecule has 2 aliphatic heterocycles. The van der Waals surface area contributed by atoms with E-state index in [1.807, 2.05) is 37.3 Å². The van der Waals surface area contributed by atoms with Gasteiger partial charge in [-0.3, -0.25) is 9.69 Å². The molecule has 5 nitrogen and oxygen atoms in total. The molecular formula is C21H24N2O3. The van der Waals surface area contributed by atoms with E-state index in [9.17, 15) is 4.79 Å². The van der Waals surface area contributed by atoms with Crippen LogP contribution in [0.5, 0.6) is 11.5 Å². The van der Waals surface area contributed by atoms with Gasteiger partial charge in [0, 0.05) is 11.7 Å². The summed E-state index contributed by atoms with van der Waals surface area (Å²) in [6.45, 7) is 4.55. The fourth-order valence-corrected chi connectivity index (χ4v) is 3.68. The normalized spacial score (nSPS) is 19.3. The highest BCUT2D eigenvalue weighted by Crippen LogP contribution is 2.37. The van der Waals surface area contributed by atoms with Crippen molar-refractivity contribution in [3.63, 3.8) is 0 Å². The Morgan fingerprint density at radius 2 is 1.88 bits per heavy atom. The van der Waals surface area contributed by atoms with Crippen molar-refractivity contribution in [3.05, 3.63) is 53.6 Å². The van der Waals surface area contributed by atoms with E-state index in [-0.39, 0.29) is 11.9 Å². The number of hydrogen-bond acceptors (Lipinski definition) is 4. The number of nitrogens with one attached hydrogen (secondary N) is 1. The van der Waals surface area contributed by atoms with Crippen LogP contribution in [-0.2, 0) is 4.79 Å². The average molecular weight is 352 g/mol. The topological polar surface area (TPSA) is 50.8 Å². The number of nitrogens with zero attached hydrogens (tertiary/aromatic N) is 1. The van der Waals surface area contributed by atoms with Gasteiger partial charge in [0.15, 0.2) is 11.5 Å². The third kappa shape index (κ3) is 3.68. The number of carbonyl (C=O) groups is 1. The summed E-state index contributed by atoms with van der Waals surface area (Å²) in [5, 5.41) is 2.99. The van der Waals surface area contributed by atoms with Crippen LogP contribution in [0.4, 0.5) is 5.69 Å². The van der Waals surface area contributed by atoms with Crippen LogP contribution in [-0.4, -0.2) is 37.1 Å². The first-order chi connectivity index (χ1) is 12.7. The molecule has 1 amide bonds. The Kier molecular flexibility index (Phi) is 4.80. The van der Waals surface area contributed by atoms with Gasteiger partial charge in [0.1, 0.15) is 13.2 Å². The highest BCUT2D eigenvalue weighted by Gasteiger charge is 2.28. The molecule has 5 heteroatoms. The van der Waals surface area contributed by atoms with Crippen molar-refractivity contribution in [1.82, 2.24) is 4.90 Å². The molecule has 1 fully saturated rings. The van der Waals surface area contributed by atoms with Gasteiger partial charge in [0.05, 0.1) is 6.54 Å². The minimum absolute atomic E-state index is 0.0262. The summed E-state index contributed by atoms with van der Waals surface area (Å²) in [5.41, 5.74) is 3.21. The second-order valence-electron chi connectivity index (χ2n) is 6.95. The molecule has 0 aromatic heterocycles. The van der Waals surface area contributed by atoms with Crippen molar-refractivity contribution >= 4 is 11.6 Å². The number of carbonyl (C=O) groups excluding carboxylic acids is 1. The first-order valence-electron chi connectivity index (χ1n) is 9.19. The molecule has 0 saturated carbocycles. The van der Waals surface area contributed by atoms with Crippen molar-refractivity contribution in [2.24, 2.45) is 0 Å². The first kappa shape index (κ1) is 16.9. The second-order valence-corrected chi connectivity index (χ2v) is 6.95. The zero-order valence-corrected chi connectivity index (χ0v) is 15.0. The third-order valence-electron chi connectivity index (χ3n) is 5.00. The van der Waals surface area contributed by atoms with E-state index in [2.05, 4.69) is 22.3 Å². The van der Waals surface area contributed by atoms with Crippen molar-refractivity contribution in [2.75, 3.05) is 31.6 Å². The number of ether oxygens (including phenoxy) is 2. The van der Waals surface area contributed by atoms with Gasteiger partial charge in [-0.05, 0) is 56.1 Å². The molecule has 1 atom stereocenters. The molecule has 136 valence electrons. The molecule has 0 spiro atoms.